The quantitative estimate of drug-likeness (QED) is 0.810. The summed E-state index contributed by atoms with van der Waals surface area (Å²) in [5.41, 5.74) is 1.15. The topological polar surface area (TPSA) is 29.1 Å². The summed E-state index contributed by atoms with van der Waals surface area (Å²) in [6.45, 7) is 6.85. The zero-order valence-corrected chi connectivity index (χ0v) is 10.4. The van der Waals surface area contributed by atoms with Crippen molar-refractivity contribution in [2.75, 3.05) is 0 Å². The summed E-state index contributed by atoms with van der Waals surface area (Å²) in [5, 5.41) is 2.98. The molecule has 0 aliphatic carbocycles. The van der Waals surface area contributed by atoms with Gasteiger partial charge in [-0.2, -0.15) is 0 Å². The molecule has 2 unspecified atom stereocenters. The van der Waals surface area contributed by atoms with Crippen molar-refractivity contribution < 1.29 is 4.79 Å². The van der Waals surface area contributed by atoms with Crippen molar-refractivity contribution in [3.63, 3.8) is 0 Å². The zero-order chi connectivity index (χ0) is 12.0. The zero-order valence-electron chi connectivity index (χ0n) is 10.4. The third kappa shape index (κ3) is 3.69. The Bertz CT molecular complexity index is 321. The molecule has 0 aliphatic heterocycles. The highest BCUT2D eigenvalue weighted by molar-refractivity contribution is 5.78. The maximum absolute atomic E-state index is 11.8. The number of benzene rings is 1. The van der Waals surface area contributed by atoms with E-state index in [1.54, 1.807) is 0 Å². The fourth-order valence-electron chi connectivity index (χ4n) is 1.56. The number of hydrogen-bond acceptors (Lipinski definition) is 1. The third-order valence-corrected chi connectivity index (χ3v) is 3.22. The van der Waals surface area contributed by atoms with E-state index in [2.05, 4.69) is 19.2 Å². The first-order valence-corrected chi connectivity index (χ1v) is 5.96. The fourth-order valence-corrected chi connectivity index (χ4v) is 1.56. The Morgan fingerprint density at radius 2 is 1.88 bits per heavy atom. The van der Waals surface area contributed by atoms with Gasteiger partial charge in [-0.15, -0.1) is 0 Å². The van der Waals surface area contributed by atoms with Crippen LogP contribution >= 0.6 is 0 Å². The van der Waals surface area contributed by atoms with Crippen LogP contribution in [0.1, 0.15) is 32.8 Å². The Kier molecular flexibility index (Phi) is 5.03. The van der Waals surface area contributed by atoms with Gasteiger partial charge in [0.25, 0.3) is 0 Å². The van der Waals surface area contributed by atoms with Gasteiger partial charge >= 0.3 is 0 Å². The first-order chi connectivity index (χ1) is 7.65. The van der Waals surface area contributed by atoms with E-state index in [0.717, 1.165) is 12.0 Å². The molecule has 0 fully saturated rings. The van der Waals surface area contributed by atoms with Crippen LogP contribution in [-0.4, -0.2) is 5.91 Å². The minimum atomic E-state index is 0.0914. The Hall–Kier alpha value is -1.31. The van der Waals surface area contributed by atoms with E-state index in [-0.39, 0.29) is 11.8 Å². The lowest BCUT2D eigenvalue weighted by molar-refractivity contribution is -0.126. The largest absolute Gasteiger partial charge is 0.352 e. The minimum absolute atomic E-state index is 0.0914. The van der Waals surface area contributed by atoms with E-state index >= 15 is 0 Å². The van der Waals surface area contributed by atoms with Gasteiger partial charge in [0.1, 0.15) is 0 Å². The summed E-state index contributed by atoms with van der Waals surface area (Å²) < 4.78 is 0. The maximum Gasteiger partial charge on any atom is 0.223 e. The number of carbonyl (C=O) groups excluding carboxylic acids is 1. The first-order valence-electron chi connectivity index (χ1n) is 5.96. The third-order valence-electron chi connectivity index (χ3n) is 3.22. The molecule has 1 aromatic carbocycles. The highest BCUT2D eigenvalue weighted by Crippen LogP contribution is 2.14. The van der Waals surface area contributed by atoms with E-state index in [0.29, 0.717) is 12.5 Å². The van der Waals surface area contributed by atoms with Crippen LogP contribution in [0.3, 0.4) is 0 Å². The lowest BCUT2D eigenvalue weighted by Gasteiger charge is -2.17. The van der Waals surface area contributed by atoms with Crippen LogP contribution in [-0.2, 0) is 11.3 Å². The van der Waals surface area contributed by atoms with Crippen molar-refractivity contribution in [3.05, 3.63) is 35.9 Å². The molecule has 0 spiro atoms. The van der Waals surface area contributed by atoms with Crippen LogP contribution in [0.25, 0.3) is 0 Å². The molecule has 0 radical (unpaired) electrons. The van der Waals surface area contributed by atoms with Crippen molar-refractivity contribution in [2.24, 2.45) is 11.8 Å². The Balaban J connectivity index is 2.41. The molecule has 0 heterocycles. The van der Waals surface area contributed by atoms with E-state index in [4.69, 9.17) is 0 Å². The van der Waals surface area contributed by atoms with Crippen molar-refractivity contribution in [2.45, 2.75) is 33.7 Å². The molecule has 88 valence electrons. The van der Waals surface area contributed by atoms with Gasteiger partial charge < -0.3 is 5.32 Å². The van der Waals surface area contributed by atoms with Crippen LogP contribution in [0.4, 0.5) is 0 Å². The monoisotopic (exact) mass is 219 g/mol. The highest BCUT2D eigenvalue weighted by Gasteiger charge is 2.17. The van der Waals surface area contributed by atoms with Gasteiger partial charge in [-0.1, -0.05) is 57.5 Å². The van der Waals surface area contributed by atoms with Crippen LogP contribution in [0, 0.1) is 11.8 Å². The molecule has 1 amide bonds. The summed E-state index contributed by atoms with van der Waals surface area (Å²) in [4.78, 5) is 11.8. The normalized spacial score (nSPS) is 14.2. The molecular weight excluding hydrogens is 198 g/mol. The van der Waals surface area contributed by atoms with Crippen molar-refractivity contribution in [3.8, 4) is 0 Å². The van der Waals surface area contributed by atoms with Crippen LogP contribution < -0.4 is 5.32 Å². The molecule has 1 rings (SSSR count). The fraction of sp³-hybridized carbons (Fsp3) is 0.500. The number of amides is 1. The molecule has 1 aromatic rings. The lowest BCUT2D eigenvalue weighted by atomic mass is 9.93. The van der Waals surface area contributed by atoms with Gasteiger partial charge in [-0.25, -0.2) is 0 Å². The maximum atomic E-state index is 11.8. The van der Waals surface area contributed by atoms with Gasteiger partial charge in [0, 0.05) is 12.5 Å². The first kappa shape index (κ1) is 12.8. The Morgan fingerprint density at radius 1 is 1.25 bits per heavy atom. The Morgan fingerprint density at radius 3 is 2.44 bits per heavy atom. The molecule has 0 bridgehead atoms. The molecule has 0 saturated carbocycles. The van der Waals surface area contributed by atoms with Gasteiger partial charge in [0.05, 0.1) is 0 Å². The summed E-state index contributed by atoms with van der Waals surface area (Å²) in [7, 11) is 0. The van der Waals surface area contributed by atoms with E-state index in [9.17, 15) is 4.79 Å². The van der Waals surface area contributed by atoms with Gasteiger partial charge in [0.2, 0.25) is 5.91 Å². The second kappa shape index (κ2) is 6.31. The summed E-state index contributed by atoms with van der Waals surface area (Å²) in [6.07, 6.45) is 1.04. The average Bonchev–Trinajstić information content (AvgIpc) is 2.35. The number of nitrogens with one attached hydrogen (secondary N) is 1. The molecule has 2 heteroatoms. The number of hydrogen-bond donors (Lipinski definition) is 1. The Labute approximate surface area is 98.1 Å². The molecule has 1 N–H and O–H groups in total. The predicted octanol–water partition coefficient (Wildman–Crippen LogP) is 2.99. The predicted molar refractivity (Wildman–Crippen MR) is 66.9 cm³/mol. The molecular formula is C14H21NO. The van der Waals surface area contributed by atoms with Crippen LogP contribution in [0.15, 0.2) is 30.3 Å². The molecule has 2 atom stereocenters. The highest BCUT2D eigenvalue weighted by atomic mass is 16.1. The second-order valence-corrected chi connectivity index (χ2v) is 4.38. The lowest BCUT2D eigenvalue weighted by Crippen LogP contribution is -2.31. The number of carbonyl (C=O) groups is 1. The van der Waals surface area contributed by atoms with E-state index < -0.39 is 0 Å². The van der Waals surface area contributed by atoms with Crippen LogP contribution in [0.5, 0.6) is 0 Å². The molecule has 0 saturated heterocycles. The summed E-state index contributed by atoms with van der Waals surface area (Å²) in [6, 6.07) is 9.99. The van der Waals surface area contributed by atoms with Crippen LogP contribution in [0.2, 0.25) is 0 Å². The van der Waals surface area contributed by atoms with Crippen molar-refractivity contribution in [1.82, 2.24) is 5.32 Å². The van der Waals surface area contributed by atoms with Crippen molar-refractivity contribution in [1.29, 1.82) is 0 Å². The standard InChI is InChI=1S/C14H21NO/c1-4-11(2)12(3)14(16)15-10-13-8-6-5-7-9-13/h5-9,11-12H,4,10H2,1-3H3,(H,15,16). The molecule has 16 heavy (non-hydrogen) atoms. The number of rotatable bonds is 5. The summed E-state index contributed by atoms with van der Waals surface area (Å²) in [5.74, 6) is 0.683. The van der Waals surface area contributed by atoms with E-state index in [1.807, 2.05) is 37.3 Å². The second-order valence-electron chi connectivity index (χ2n) is 4.38. The van der Waals surface area contributed by atoms with Gasteiger partial charge in [0.15, 0.2) is 0 Å². The molecule has 0 aliphatic rings. The SMILES string of the molecule is CCC(C)C(C)C(=O)NCc1ccccc1. The minimum Gasteiger partial charge on any atom is -0.352 e. The van der Waals surface area contributed by atoms with Gasteiger partial charge in [-0.05, 0) is 11.5 Å². The molecule has 0 aromatic heterocycles. The smallest absolute Gasteiger partial charge is 0.223 e. The van der Waals surface area contributed by atoms with Crippen molar-refractivity contribution >= 4 is 5.91 Å². The van der Waals surface area contributed by atoms with E-state index in [1.165, 1.54) is 0 Å². The average molecular weight is 219 g/mol. The molecule has 2 nitrogen and oxygen atoms in total. The summed E-state index contributed by atoms with van der Waals surface area (Å²) >= 11 is 0. The van der Waals surface area contributed by atoms with Gasteiger partial charge in [-0.3, -0.25) is 4.79 Å².